The normalized spacial score (nSPS) is 11.6. The molecule has 0 amide bonds. The number of anilines is 1. The predicted octanol–water partition coefficient (Wildman–Crippen LogP) is 4.56. The maximum Gasteiger partial charge on any atom is 0.416 e. The first-order valence-corrected chi connectivity index (χ1v) is 7.81. The first-order valence-electron chi connectivity index (χ1n) is 7.81. The van der Waals surface area contributed by atoms with Gasteiger partial charge in [0.25, 0.3) is 0 Å². The molecule has 1 aromatic carbocycles. The Labute approximate surface area is 143 Å². The lowest BCUT2D eigenvalue weighted by molar-refractivity contribution is -0.137. The third kappa shape index (κ3) is 3.50. The van der Waals surface area contributed by atoms with Crippen molar-refractivity contribution in [1.29, 1.82) is 0 Å². The largest absolute Gasteiger partial charge is 0.416 e. The number of aromatic nitrogens is 3. The Hall–Kier alpha value is -2.83. The summed E-state index contributed by atoms with van der Waals surface area (Å²) in [5, 5.41) is 2.94. The van der Waals surface area contributed by atoms with Crippen LogP contribution in [0.25, 0.3) is 16.9 Å². The molecule has 2 heterocycles. The lowest BCUT2D eigenvalue weighted by atomic mass is 10.1. The Morgan fingerprint density at radius 2 is 1.92 bits per heavy atom. The molecule has 1 N–H and O–H groups in total. The molecule has 0 bridgehead atoms. The SMILES string of the molecule is CCc1ccc(C(F)(F)F)cc1-n1ccc(-c2cc(NC)ncn2)c1. The minimum Gasteiger partial charge on any atom is -0.373 e. The minimum absolute atomic E-state index is 0.520. The number of nitrogens with zero attached hydrogens (tertiary/aromatic N) is 3. The average molecular weight is 346 g/mol. The second-order valence-corrected chi connectivity index (χ2v) is 5.54. The van der Waals surface area contributed by atoms with E-state index in [0.29, 0.717) is 23.6 Å². The van der Waals surface area contributed by atoms with Gasteiger partial charge in [0.2, 0.25) is 0 Å². The van der Waals surface area contributed by atoms with Gasteiger partial charge in [0.1, 0.15) is 12.1 Å². The van der Waals surface area contributed by atoms with Crippen molar-refractivity contribution >= 4 is 5.82 Å². The molecular formula is C18H17F3N4. The van der Waals surface area contributed by atoms with E-state index >= 15 is 0 Å². The van der Waals surface area contributed by atoms with Crippen LogP contribution in [0.5, 0.6) is 0 Å². The van der Waals surface area contributed by atoms with Gasteiger partial charge in [0, 0.05) is 36.8 Å². The predicted molar refractivity (Wildman–Crippen MR) is 90.7 cm³/mol. The first kappa shape index (κ1) is 17.0. The van der Waals surface area contributed by atoms with Crippen LogP contribution in [0, 0.1) is 0 Å². The molecule has 0 atom stereocenters. The third-order valence-corrected chi connectivity index (χ3v) is 3.98. The van der Waals surface area contributed by atoms with Crippen LogP contribution in [0.1, 0.15) is 18.1 Å². The number of rotatable bonds is 4. The Morgan fingerprint density at radius 1 is 1.12 bits per heavy atom. The molecule has 4 nitrogen and oxygen atoms in total. The van der Waals surface area contributed by atoms with Crippen molar-refractivity contribution in [3.05, 3.63) is 60.2 Å². The first-order chi connectivity index (χ1) is 11.9. The van der Waals surface area contributed by atoms with Crippen LogP contribution in [0.4, 0.5) is 19.0 Å². The molecule has 0 saturated carbocycles. The topological polar surface area (TPSA) is 42.7 Å². The fraction of sp³-hybridized carbons (Fsp3) is 0.222. The summed E-state index contributed by atoms with van der Waals surface area (Å²) in [5.74, 6) is 0.672. The fourth-order valence-corrected chi connectivity index (χ4v) is 2.63. The molecule has 25 heavy (non-hydrogen) atoms. The van der Waals surface area contributed by atoms with Crippen molar-refractivity contribution < 1.29 is 13.2 Å². The number of benzene rings is 1. The van der Waals surface area contributed by atoms with E-state index in [4.69, 9.17) is 0 Å². The van der Waals surface area contributed by atoms with Gasteiger partial charge in [-0.15, -0.1) is 0 Å². The van der Waals surface area contributed by atoms with Gasteiger partial charge in [-0.1, -0.05) is 13.0 Å². The molecule has 3 aromatic rings. The van der Waals surface area contributed by atoms with Crippen LogP contribution >= 0.6 is 0 Å². The minimum atomic E-state index is -4.37. The summed E-state index contributed by atoms with van der Waals surface area (Å²) in [7, 11) is 1.76. The maximum atomic E-state index is 13.0. The molecule has 0 aliphatic rings. The van der Waals surface area contributed by atoms with Crippen molar-refractivity contribution in [2.45, 2.75) is 19.5 Å². The molecule has 0 aliphatic carbocycles. The van der Waals surface area contributed by atoms with E-state index in [1.165, 1.54) is 18.5 Å². The van der Waals surface area contributed by atoms with Crippen molar-refractivity contribution in [3.8, 4) is 16.9 Å². The van der Waals surface area contributed by atoms with Crippen LogP contribution in [0.15, 0.2) is 49.1 Å². The van der Waals surface area contributed by atoms with Crippen molar-refractivity contribution in [1.82, 2.24) is 14.5 Å². The van der Waals surface area contributed by atoms with Crippen molar-refractivity contribution in [3.63, 3.8) is 0 Å². The third-order valence-electron chi connectivity index (χ3n) is 3.98. The van der Waals surface area contributed by atoms with Crippen molar-refractivity contribution in [2.24, 2.45) is 0 Å². The molecule has 2 aromatic heterocycles. The lowest BCUT2D eigenvalue weighted by Crippen LogP contribution is -2.07. The standard InChI is InChI=1S/C18H17F3N4/c1-3-12-4-5-14(18(19,20)21)8-16(12)25-7-6-13(10-25)15-9-17(22-2)24-11-23-15/h4-11H,3H2,1-2H3,(H,22,23,24). The number of nitrogens with one attached hydrogen (secondary N) is 1. The van der Waals surface area contributed by atoms with Crippen LogP contribution in [-0.2, 0) is 12.6 Å². The van der Waals surface area contributed by atoms with Gasteiger partial charge in [0.15, 0.2) is 0 Å². The Bertz CT molecular complexity index is 884. The van der Waals surface area contributed by atoms with Gasteiger partial charge < -0.3 is 9.88 Å². The fourth-order valence-electron chi connectivity index (χ4n) is 2.63. The number of hydrogen-bond acceptors (Lipinski definition) is 3. The smallest absolute Gasteiger partial charge is 0.373 e. The van der Waals surface area contributed by atoms with Gasteiger partial charge >= 0.3 is 6.18 Å². The molecule has 0 saturated heterocycles. The summed E-state index contributed by atoms with van der Waals surface area (Å²) >= 11 is 0. The van der Waals surface area contributed by atoms with Gasteiger partial charge in [-0.2, -0.15) is 13.2 Å². The van der Waals surface area contributed by atoms with E-state index in [0.717, 1.165) is 17.2 Å². The van der Waals surface area contributed by atoms with E-state index < -0.39 is 11.7 Å². The molecule has 3 rings (SSSR count). The highest BCUT2D eigenvalue weighted by Crippen LogP contribution is 2.32. The van der Waals surface area contributed by atoms with E-state index in [9.17, 15) is 13.2 Å². The molecule has 0 spiro atoms. The van der Waals surface area contributed by atoms with Gasteiger partial charge in [-0.05, 0) is 30.2 Å². The molecular weight excluding hydrogens is 329 g/mol. The molecule has 130 valence electrons. The van der Waals surface area contributed by atoms with Gasteiger partial charge in [0.05, 0.1) is 11.3 Å². The van der Waals surface area contributed by atoms with Crippen LogP contribution in [0.2, 0.25) is 0 Å². The highest BCUT2D eigenvalue weighted by Gasteiger charge is 2.31. The molecule has 0 radical (unpaired) electrons. The monoisotopic (exact) mass is 346 g/mol. The van der Waals surface area contributed by atoms with Crippen LogP contribution in [0.3, 0.4) is 0 Å². The molecule has 0 aliphatic heterocycles. The average Bonchev–Trinajstić information content (AvgIpc) is 3.10. The number of aryl methyl sites for hydroxylation is 1. The lowest BCUT2D eigenvalue weighted by Gasteiger charge is -2.13. The Morgan fingerprint density at radius 3 is 2.60 bits per heavy atom. The Balaban J connectivity index is 2.04. The summed E-state index contributed by atoms with van der Waals surface area (Å²) in [4.78, 5) is 8.28. The van der Waals surface area contributed by atoms with Crippen LogP contribution < -0.4 is 5.32 Å². The summed E-state index contributed by atoms with van der Waals surface area (Å²) in [6.45, 7) is 1.92. The number of halogens is 3. The Kier molecular flexibility index (Phi) is 4.48. The van der Waals surface area contributed by atoms with Crippen molar-refractivity contribution in [2.75, 3.05) is 12.4 Å². The molecule has 0 unspecified atom stereocenters. The molecule has 7 heteroatoms. The second-order valence-electron chi connectivity index (χ2n) is 5.54. The number of hydrogen-bond donors (Lipinski definition) is 1. The molecule has 0 fully saturated rings. The maximum absolute atomic E-state index is 13.0. The van der Waals surface area contributed by atoms with Crippen LogP contribution in [-0.4, -0.2) is 21.6 Å². The highest BCUT2D eigenvalue weighted by atomic mass is 19.4. The summed E-state index contributed by atoms with van der Waals surface area (Å²) in [6, 6.07) is 7.44. The van der Waals surface area contributed by atoms with Gasteiger partial charge in [-0.3, -0.25) is 0 Å². The second kappa shape index (κ2) is 6.58. The number of alkyl halides is 3. The van der Waals surface area contributed by atoms with E-state index in [1.54, 1.807) is 30.1 Å². The van der Waals surface area contributed by atoms with E-state index in [1.807, 2.05) is 13.0 Å². The quantitative estimate of drug-likeness (QED) is 0.753. The van der Waals surface area contributed by atoms with E-state index in [-0.39, 0.29) is 0 Å². The zero-order valence-electron chi connectivity index (χ0n) is 13.8. The summed E-state index contributed by atoms with van der Waals surface area (Å²) in [6.07, 6.45) is 1.23. The highest BCUT2D eigenvalue weighted by molar-refractivity contribution is 5.62. The zero-order chi connectivity index (χ0) is 18.0. The summed E-state index contributed by atoms with van der Waals surface area (Å²) in [5.41, 5.74) is 2.20. The summed E-state index contributed by atoms with van der Waals surface area (Å²) < 4.78 is 40.8. The van der Waals surface area contributed by atoms with Gasteiger partial charge in [-0.25, -0.2) is 9.97 Å². The zero-order valence-corrected chi connectivity index (χ0v) is 13.8. The van der Waals surface area contributed by atoms with E-state index in [2.05, 4.69) is 15.3 Å².